The van der Waals surface area contributed by atoms with E-state index in [-0.39, 0.29) is 5.82 Å². The molecule has 4 nitrogen and oxygen atoms in total. The van der Waals surface area contributed by atoms with E-state index in [9.17, 15) is 4.39 Å². The Morgan fingerprint density at radius 3 is 2.57 bits per heavy atom. The molecule has 5 heteroatoms. The van der Waals surface area contributed by atoms with E-state index in [1.54, 1.807) is 12.1 Å². The van der Waals surface area contributed by atoms with Crippen molar-refractivity contribution in [1.29, 1.82) is 0 Å². The predicted molar refractivity (Wildman–Crippen MR) is 113 cm³/mol. The van der Waals surface area contributed by atoms with Gasteiger partial charge in [-0.25, -0.2) is 9.37 Å². The summed E-state index contributed by atoms with van der Waals surface area (Å²) in [5.41, 5.74) is 2.27. The molecular formula is C23H29FN4. The van der Waals surface area contributed by atoms with E-state index in [1.165, 1.54) is 44.1 Å². The number of pyridine rings is 1. The lowest BCUT2D eigenvalue weighted by Gasteiger charge is -2.36. The van der Waals surface area contributed by atoms with Crippen molar-refractivity contribution in [2.45, 2.75) is 38.1 Å². The first-order chi connectivity index (χ1) is 13.7. The number of hydrogen-bond acceptors (Lipinski definition) is 4. The first-order valence-electron chi connectivity index (χ1n) is 10.7. The van der Waals surface area contributed by atoms with Gasteiger partial charge in [-0.15, -0.1) is 0 Å². The molecule has 2 saturated heterocycles. The fraction of sp³-hybridized carbons (Fsp3) is 0.522. The average molecular weight is 381 g/mol. The number of nitrogens with zero attached hydrogens (tertiary/aromatic N) is 3. The maximum absolute atomic E-state index is 13.6. The fourth-order valence-electron chi connectivity index (χ4n) is 5.33. The molecule has 0 spiro atoms. The minimum absolute atomic E-state index is 0.169. The van der Waals surface area contributed by atoms with Crippen molar-refractivity contribution >= 4 is 17.2 Å². The molecule has 1 aromatic heterocycles. The number of halogens is 1. The van der Waals surface area contributed by atoms with Crippen LogP contribution >= 0.6 is 0 Å². The number of fused-ring (bicyclic) bond motifs is 2. The zero-order chi connectivity index (χ0) is 18.9. The smallest absolute Gasteiger partial charge is 0.128 e. The second kappa shape index (κ2) is 7.61. The van der Waals surface area contributed by atoms with Crippen LogP contribution in [-0.2, 0) is 0 Å². The van der Waals surface area contributed by atoms with Gasteiger partial charge in [0.2, 0.25) is 0 Å². The van der Waals surface area contributed by atoms with Crippen molar-refractivity contribution < 1.29 is 4.39 Å². The number of rotatable bonds is 4. The van der Waals surface area contributed by atoms with Gasteiger partial charge in [0, 0.05) is 55.9 Å². The molecule has 3 atom stereocenters. The van der Waals surface area contributed by atoms with Gasteiger partial charge in [-0.1, -0.05) is 6.07 Å². The highest BCUT2D eigenvalue weighted by molar-refractivity contribution is 5.55. The summed E-state index contributed by atoms with van der Waals surface area (Å²) in [6.07, 6.45) is 8.37. The van der Waals surface area contributed by atoms with Crippen LogP contribution in [-0.4, -0.2) is 37.2 Å². The Morgan fingerprint density at radius 2 is 1.75 bits per heavy atom. The van der Waals surface area contributed by atoms with E-state index >= 15 is 0 Å². The van der Waals surface area contributed by atoms with E-state index < -0.39 is 0 Å². The zero-order valence-corrected chi connectivity index (χ0v) is 16.4. The Hall–Kier alpha value is -2.30. The van der Waals surface area contributed by atoms with E-state index in [2.05, 4.69) is 32.2 Å². The largest absolute Gasteiger partial charge is 0.371 e. The van der Waals surface area contributed by atoms with Gasteiger partial charge >= 0.3 is 0 Å². The molecule has 1 aliphatic carbocycles. The Morgan fingerprint density at radius 1 is 0.929 bits per heavy atom. The lowest BCUT2D eigenvalue weighted by Crippen LogP contribution is -2.42. The summed E-state index contributed by atoms with van der Waals surface area (Å²) in [7, 11) is 0. The van der Waals surface area contributed by atoms with Crippen LogP contribution in [0.3, 0.4) is 0 Å². The van der Waals surface area contributed by atoms with Crippen molar-refractivity contribution in [2.75, 3.05) is 41.3 Å². The van der Waals surface area contributed by atoms with Gasteiger partial charge in [0.05, 0.1) is 0 Å². The van der Waals surface area contributed by atoms with Gasteiger partial charge in [0.25, 0.3) is 0 Å². The second-order valence-corrected chi connectivity index (χ2v) is 8.76. The summed E-state index contributed by atoms with van der Waals surface area (Å²) in [5.74, 6) is 2.54. The zero-order valence-electron chi connectivity index (χ0n) is 16.4. The third-order valence-electron chi connectivity index (χ3n) is 6.66. The molecule has 2 unspecified atom stereocenters. The van der Waals surface area contributed by atoms with Crippen molar-refractivity contribution in [2.24, 2.45) is 11.8 Å². The first kappa shape index (κ1) is 17.8. The number of anilines is 3. The van der Waals surface area contributed by atoms with Gasteiger partial charge < -0.3 is 15.1 Å². The lowest BCUT2D eigenvalue weighted by atomic mass is 9.98. The summed E-state index contributed by atoms with van der Waals surface area (Å²) in [6, 6.07) is 11.6. The summed E-state index contributed by atoms with van der Waals surface area (Å²) < 4.78 is 13.6. The molecule has 5 rings (SSSR count). The Kier molecular flexibility index (Phi) is 4.83. The molecule has 0 radical (unpaired) electrons. The number of aromatic nitrogens is 1. The van der Waals surface area contributed by atoms with Gasteiger partial charge in [-0.05, 0) is 68.2 Å². The van der Waals surface area contributed by atoms with E-state index in [1.807, 2.05) is 12.3 Å². The summed E-state index contributed by atoms with van der Waals surface area (Å²) >= 11 is 0. The average Bonchev–Trinajstić information content (AvgIpc) is 3.06. The molecular weight excluding hydrogens is 351 g/mol. The molecule has 2 aliphatic heterocycles. The van der Waals surface area contributed by atoms with Crippen molar-refractivity contribution in [3.63, 3.8) is 0 Å². The molecule has 0 amide bonds. The Balaban J connectivity index is 1.26. The molecule has 2 bridgehead atoms. The molecule has 3 heterocycles. The standard InChI is InChI=1S/C23H29FN4/c24-19-3-1-5-21(12-19)27-10-2-4-20(16-27)26-23-13-22(8-9-25-23)28-14-17-6-7-18(11-17)15-28/h1,3,5,8-9,12-13,17-18,20H,2,4,6-7,10-11,14-16H2,(H,25,26)/t17?,18?,20-/m1/s1. The highest BCUT2D eigenvalue weighted by Gasteiger charge is 2.33. The van der Waals surface area contributed by atoms with Gasteiger partial charge in [-0.3, -0.25) is 0 Å². The minimum Gasteiger partial charge on any atom is -0.371 e. The van der Waals surface area contributed by atoms with Crippen LogP contribution in [0.15, 0.2) is 42.6 Å². The number of nitrogens with one attached hydrogen (secondary N) is 1. The topological polar surface area (TPSA) is 31.4 Å². The summed E-state index contributed by atoms with van der Waals surface area (Å²) in [6.45, 7) is 4.24. The molecule has 1 saturated carbocycles. The van der Waals surface area contributed by atoms with Crippen molar-refractivity contribution in [3.8, 4) is 0 Å². The van der Waals surface area contributed by atoms with Crippen LogP contribution in [0, 0.1) is 17.7 Å². The molecule has 3 aliphatic rings. The summed E-state index contributed by atoms with van der Waals surface area (Å²) in [5, 5.41) is 3.64. The Bertz CT molecular complexity index is 814. The minimum atomic E-state index is -0.169. The normalized spacial score (nSPS) is 27.1. The maximum atomic E-state index is 13.6. The van der Waals surface area contributed by atoms with E-state index in [4.69, 9.17) is 0 Å². The molecule has 1 aromatic carbocycles. The van der Waals surface area contributed by atoms with E-state index in [0.29, 0.717) is 6.04 Å². The fourth-order valence-corrected chi connectivity index (χ4v) is 5.33. The second-order valence-electron chi connectivity index (χ2n) is 8.76. The number of hydrogen-bond donors (Lipinski definition) is 1. The van der Waals surface area contributed by atoms with Gasteiger partial charge in [0.1, 0.15) is 11.6 Å². The van der Waals surface area contributed by atoms with E-state index in [0.717, 1.165) is 49.3 Å². The van der Waals surface area contributed by atoms with Crippen molar-refractivity contribution in [3.05, 3.63) is 48.4 Å². The van der Waals surface area contributed by atoms with Crippen LogP contribution in [0.5, 0.6) is 0 Å². The molecule has 148 valence electrons. The number of benzene rings is 1. The number of piperidine rings is 2. The van der Waals surface area contributed by atoms with Crippen LogP contribution in [0.4, 0.5) is 21.6 Å². The highest BCUT2D eigenvalue weighted by Crippen LogP contribution is 2.38. The third kappa shape index (κ3) is 3.80. The maximum Gasteiger partial charge on any atom is 0.128 e. The van der Waals surface area contributed by atoms with Crippen LogP contribution in [0.25, 0.3) is 0 Å². The van der Waals surface area contributed by atoms with Gasteiger partial charge in [-0.2, -0.15) is 0 Å². The van der Waals surface area contributed by atoms with Gasteiger partial charge in [0.15, 0.2) is 0 Å². The monoisotopic (exact) mass is 380 g/mol. The predicted octanol–water partition coefficient (Wildman–Crippen LogP) is 4.54. The lowest BCUT2D eigenvalue weighted by molar-refractivity contribution is 0.421. The molecule has 1 N–H and O–H groups in total. The summed E-state index contributed by atoms with van der Waals surface area (Å²) in [4.78, 5) is 9.41. The molecule has 28 heavy (non-hydrogen) atoms. The quantitative estimate of drug-likeness (QED) is 0.844. The third-order valence-corrected chi connectivity index (χ3v) is 6.66. The SMILES string of the molecule is Fc1cccc(N2CCC[C@@H](Nc3cc(N4CC5CCC(C5)C4)ccn3)C2)c1. The van der Waals surface area contributed by atoms with Crippen LogP contribution in [0.1, 0.15) is 32.1 Å². The molecule has 3 fully saturated rings. The molecule has 2 aromatic rings. The van der Waals surface area contributed by atoms with Crippen LogP contribution in [0.2, 0.25) is 0 Å². The van der Waals surface area contributed by atoms with Crippen molar-refractivity contribution in [1.82, 2.24) is 4.98 Å². The Labute approximate surface area is 166 Å². The van der Waals surface area contributed by atoms with Crippen LogP contribution < -0.4 is 15.1 Å². The highest BCUT2D eigenvalue weighted by atomic mass is 19.1. The first-order valence-corrected chi connectivity index (χ1v) is 10.7.